The van der Waals surface area contributed by atoms with Gasteiger partial charge in [0.25, 0.3) is 11.7 Å². The second-order valence-corrected chi connectivity index (χ2v) is 4.95. The van der Waals surface area contributed by atoms with Gasteiger partial charge in [-0.1, -0.05) is 41.4 Å². The van der Waals surface area contributed by atoms with E-state index in [2.05, 4.69) is 5.32 Å². The zero-order valence-electron chi connectivity index (χ0n) is 9.54. The van der Waals surface area contributed by atoms with E-state index in [9.17, 15) is 9.59 Å². The molecule has 1 aliphatic rings. The molecule has 19 heavy (non-hydrogen) atoms. The van der Waals surface area contributed by atoms with Crippen molar-refractivity contribution in [2.24, 2.45) is 0 Å². The Morgan fingerprint density at radius 2 is 1.63 bits per heavy atom. The molecule has 5 heteroatoms. The number of carbonyl (C=O) groups is 2. The number of hydrogen-bond acceptors (Lipinski definition) is 2. The fourth-order valence-corrected chi connectivity index (χ4v) is 2.37. The van der Waals surface area contributed by atoms with Gasteiger partial charge < -0.3 is 5.32 Å². The summed E-state index contributed by atoms with van der Waals surface area (Å²) >= 11 is 11.9. The summed E-state index contributed by atoms with van der Waals surface area (Å²) in [7, 11) is 0. The summed E-state index contributed by atoms with van der Waals surface area (Å²) in [6, 6.07) is 10.3. The molecular formula is C14H7Cl2NO2. The Hall–Kier alpha value is -1.84. The van der Waals surface area contributed by atoms with Crippen LogP contribution in [0, 0.1) is 0 Å². The number of nitrogens with one attached hydrogen (secondary N) is 1. The molecule has 0 radical (unpaired) electrons. The summed E-state index contributed by atoms with van der Waals surface area (Å²) in [6.45, 7) is 0. The first-order valence-electron chi connectivity index (χ1n) is 5.52. The van der Waals surface area contributed by atoms with E-state index < -0.39 is 11.7 Å². The van der Waals surface area contributed by atoms with E-state index in [1.807, 2.05) is 6.07 Å². The minimum Gasteiger partial charge on any atom is -0.318 e. The Morgan fingerprint density at radius 1 is 0.895 bits per heavy atom. The first-order valence-corrected chi connectivity index (χ1v) is 6.27. The number of rotatable bonds is 1. The molecule has 3 rings (SSSR count). The Kier molecular flexibility index (Phi) is 2.81. The van der Waals surface area contributed by atoms with E-state index in [4.69, 9.17) is 23.2 Å². The summed E-state index contributed by atoms with van der Waals surface area (Å²) in [5.74, 6) is -1.13. The van der Waals surface area contributed by atoms with Crippen LogP contribution in [0.25, 0.3) is 11.1 Å². The zero-order valence-corrected chi connectivity index (χ0v) is 11.0. The van der Waals surface area contributed by atoms with Gasteiger partial charge in [0.2, 0.25) is 0 Å². The summed E-state index contributed by atoms with van der Waals surface area (Å²) < 4.78 is 0. The number of anilines is 1. The van der Waals surface area contributed by atoms with E-state index in [0.29, 0.717) is 21.3 Å². The van der Waals surface area contributed by atoms with Crippen LogP contribution in [0.2, 0.25) is 10.0 Å². The highest BCUT2D eigenvalue weighted by Gasteiger charge is 2.29. The van der Waals surface area contributed by atoms with Crippen LogP contribution < -0.4 is 5.32 Å². The van der Waals surface area contributed by atoms with Crippen LogP contribution in [0.5, 0.6) is 0 Å². The van der Waals surface area contributed by atoms with Crippen molar-refractivity contribution in [2.45, 2.75) is 0 Å². The van der Waals surface area contributed by atoms with Crippen molar-refractivity contribution in [2.75, 3.05) is 5.32 Å². The topological polar surface area (TPSA) is 46.2 Å². The van der Waals surface area contributed by atoms with Crippen LogP contribution in [0.15, 0.2) is 36.4 Å². The number of fused-ring (bicyclic) bond motifs is 1. The highest BCUT2D eigenvalue weighted by atomic mass is 35.5. The standard InChI is InChI=1S/C14H7Cl2NO2/c15-10-5-4-7(6-11(10)16)8-2-1-3-9-12(8)17-14(19)13(9)18/h1-6H,(H,17,18,19). The SMILES string of the molecule is O=C1Nc2c(cccc2-c2ccc(Cl)c(Cl)c2)C1=O. The summed E-state index contributed by atoms with van der Waals surface area (Å²) in [5.41, 5.74) is 2.45. The molecule has 94 valence electrons. The molecule has 0 aliphatic carbocycles. The van der Waals surface area contributed by atoms with Crippen molar-refractivity contribution >= 4 is 40.6 Å². The number of hydrogen-bond donors (Lipinski definition) is 1. The molecule has 1 heterocycles. The summed E-state index contributed by atoms with van der Waals surface area (Å²) in [4.78, 5) is 23.1. The molecule has 2 aromatic carbocycles. The number of ketones is 1. The number of amides is 1. The normalized spacial score (nSPS) is 13.4. The predicted octanol–water partition coefficient (Wildman–Crippen LogP) is 3.80. The van der Waals surface area contributed by atoms with E-state index in [0.717, 1.165) is 11.1 Å². The van der Waals surface area contributed by atoms with Gasteiger partial charge in [-0.3, -0.25) is 9.59 Å². The monoisotopic (exact) mass is 291 g/mol. The predicted molar refractivity (Wildman–Crippen MR) is 74.9 cm³/mol. The third kappa shape index (κ3) is 1.91. The fraction of sp³-hybridized carbons (Fsp3) is 0. The summed E-state index contributed by atoms with van der Waals surface area (Å²) in [6.07, 6.45) is 0. The van der Waals surface area contributed by atoms with E-state index >= 15 is 0 Å². The van der Waals surface area contributed by atoms with Gasteiger partial charge in [0.05, 0.1) is 21.3 Å². The van der Waals surface area contributed by atoms with E-state index in [-0.39, 0.29) is 0 Å². The molecule has 0 unspecified atom stereocenters. The lowest BCUT2D eigenvalue weighted by Crippen LogP contribution is -2.12. The van der Waals surface area contributed by atoms with Crippen molar-refractivity contribution in [3.05, 3.63) is 52.0 Å². The molecule has 0 bridgehead atoms. The molecule has 0 saturated carbocycles. The van der Waals surface area contributed by atoms with Crippen LogP contribution in [0.3, 0.4) is 0 Å². The van der Waals surface area contributed by atoms with Crippen LogP contribution >= 0.6 is 23.2 Å². The molecule has 0 aromatic heterocycles. The van der Waals surface area contributed by atoms with Crippen molar-refractivity contribution in [1.82, 2.24) is 0 Å². The molecule has 1 aliphatic heterocycles. The number of carbonyl (C=O) groups excluding carboxylic acids is 2. The Morgan fingerprint density at radius 3 is 2.37 bits per heavy atom. The van der Waals surface area contributed by atoms with Crippen LogP contribution in [-0.4, -0.2) is 11.7 Å². The van der Waals surface area contributed by atoms with E-state index in [1.54, 1.807) is 30.3 Å². The van der Waals surface area contributed by atoms with Gasteiger partial charge in [-0.05, 0) is 23.8 Å². The van der Waals surface area contributed by atoms with E-state index in [1.165, 1.54) is 0 Å². The average Bonchev–Trinajstić information content (AvgIpc) is 2.69. The smallest absolute Gasteiger partial charge is 0.296 e. The molecule has 3 nitrogen and oxygen atoms in total. The molecule has 1 amide bonds. The molecule has 1 N–H and O–H groups in total. The largest absolute Gasteiger partial charge is 0.318 e. The van der Waals surface area contributed by atoms with Crippen LogP contribution in [0.4, 0.5) is 5.69 Å². The first-order chi connectivity index (χ1) is 9.08. The minimum atomic E-state index is -0.609. The summed E-state index contributed by atoms with van der Waals surface area (Å²) in [5, 5.41) is 3.46. The average molecular weight is 292 g/mol. The third-order valence-electron chi connectivity index (χ3n) is 2.98. The van der Waals surface area contributed by atoms with Crippen molar-refractivity contribution < 1.29 is 9.59 Å². The van der Waals surface area contributed by atoms with Crippen LogP contribution in [-0.2, 0) is 4.79 Å². The highest BCUT2D eigenvalue weighted by molar-refractivity contribution is 6.52. The molecular weight excluding hydrogens is 285 g/mol. The highest BCUT2D eigenvalue weighted by Crippen LogP contribution is 2.36. The maximum atomic E-state index is 11.6. The lowest BCUT2D eigenvalue weighted by molar-refractivity contribution is -0.112. The molecule has 2 aromatic rings. The number of para-hydroxylation sites is 1. The maximum Gasteiger partial charge on any atom is 0.296 e. The Balaban J connectivity index is 2.20. The van der Waals surface area contributed by atoms with Gasteiger partial charge in [0, 0.05) is 5.56 Å². The van der Waals surface area contributed by atoms with Gasteiger partial charge in [-0.15, -0.1) is 0 Å². The lowest BCUT2D eigenvalue weighted by atomic mass is 10.0. The second kappa shape index (κ2) is 4.37. The van der Waals surface area contributed by atoms with Gasteiger partial charge in [-0.25, -0.2) is 0 Å². The zero-order chi connectivity index (χ0) is 13.6. The van der Waals surface area contributed by atoms with Gasteiger partial charge in [-0.2, -0.15) is 0 Å². The van der Waals surface area contributed by atoms with Gasteiger partial charge in [0.15, 0.2) is 0 Å². The molecule has 0 atom stereocenters. The number of halogens is 2. The Bertz CT molecular complexity index is 725. The quantitative estimate of drug-likeness (QED) is 0.813. The van der Waals surface area contributed by atoms with Gasteiger partial charge in [0.1, 0.15) is 0 Å². The second-order valence-electron chi connectivity index (χ2n) is 4.14. The fourth-order valence-electron chi connectivity index (χ4n) is 2.07. The Labute approximate surface area is 119 Å². The molecule has 0 fully saturated rings. The maximum absolute atomic E-state index is 11.6. The molecule has 0 spiro atoms. The lowest BCUT2D eigenvalue weighted by Gasteiger charge is -2.08. The number of benzene rings is 2. The molecule has 0 saturated heterocycles. The number of Topliss-reactive ketones (excluding diaryl/α,β-unsaturated/α-hetero) is 1. The first kappa shape index (κ1) is 12.2. The van der Waals surface area contributed by atoms with Crippen molar-refractivity contribution in [1.29, 1.82) is 0 Å². The minimum absolute atomic E-state index is 0.383. The van der Waals surface area contributed by atoms with Crippen molar-refractivity contribution in [3.8, 4) is 11.1 Å². The third-order valence-corrected chi connectivity index (χ3v) is 3.72. The van der Waals surface area contributed by atoms with Gasteiger partial charge >= 0.3 is 0 Å². The van der Waals surface area contributed by atoms with Crippen LogP contribution in [0.1, 0.15) is 10.4 Å². The van der Waals surface area contributed by atoms with Crippen molar-refractivity contribution in [3.63, 3.8) is 0 Å².